The Morgan fingerprint density at radius 2 is 2.07 bits per heavy atom. The molecule has 0 N–H and O–H groups in total. The van der Waals surface area contributed by atoms with Gasteiger partial charge in [0, 0.05) is 29.6 Å². The molecule has 5 rings (SSSR count). The zero-order valence-corrected chi connectivity index (χ0v) is 16.1. The fourth-order valence-corrected chi connectivity index (χ4v) is 4.46. The summed E-state index contributed by atoms with van der Waals surface area (Å²) >= 11 is 0. The number of halogens is 1. The monoisotopic (exact) mass is 400 g/mol. The number of hydrogen-bond donors (Lipinski definition) is 0. The summed E-state index contributed by atoms with van der Waals surface area (Å²) in [5.41, 5.74) is 0.584. The van der Waals surface area contributed by atoms with Crippen molar-refractivity contribution in [2.24, 2.45) is 0 Å². The van der Waals surface area contributed by atoms with E-state index in [1.54, 1.807) is 6.92 Å². The second-order valence-corrected chi connectivity index (χ2v) is 7.78. The van der Waals surface area contributed by atoms with Crippen molar-refractivity contribution in [3.8, 4) is 0 Å². The molecule has 0 unspecified atom stereocenters. The lowest BCUT2D eigenvalue weighted by Crippen LogP contribution is -2.35. The van der Waals surface area contributed by atoms with Crippen molar-refractivity contribution in [1.82, 2.24) is 4.57 Å². The number of amides is 1. The first-order chi connectivity index (χ1) is 14.0. The third-order valence-electron chi connectivity index (χ3n) is 5.90. The van der Waals surface area contributed by atoms with Gasteiger partial charge < -0.3 is 18.9 Å². The van der Waals surface area contributed by atoms with Gasteiger partial charge in [-0.3, -0.25) is 9.59 Å². The highest BCUT2D eigenvalue weighted by Crippen LogP contribution is 2.42. The molecule has 1 amide bonds. The minimum atomic E-state index is -0.713. The molecule has 1 saturated heterocycles. The van der Waals surface area contributed by atoms with Crippen LogP contribution in [0.1, 0.15) is 54.6 Å². The molecule has 1 aromatic carbocycles. The summed E-state index contributed by atoms with van der Waals surface area (Å²) in [5, 5.41) is 0.118. The Kier molecular flexibility index (Phi) is 4.20. The Bertz CT molecular complexity index is 1100. The maximum atomic E-state index is 15.3. The van der Waals surface area contributed by atoms with Gasteiger partial charge in [-0.2, -0.15) is 0 Å². The van der Waals surface area contributed by atoms with E-state index in [0.29, 0.717) is 30.5 Å². The van der Waals surface area contributed by atoms with Gasteiger partial charge in [0.05, 0.1) is 37.1 Å². The number of esters is 1. The van der Waals surface area contributed by atoms with E-state index in [1.807, 2.05) is 4.57 Å². The third kappa shape index (κ3) is 2.77. The lowest BCUT2D eigenvalue weighted by Gasteiger charge is -2.25. The van der Waals surface area contributed by atoms with Crippen molar-refractivity contribution in [2.45, 2.75) is 51.3 Å². The molecule has 2 fully saturated rings. The predicted octanol–water partition coefficient (Wildman–Crippen LogP) is 2.68. The molecule has 29 heavy (non-hydrogen) atoms. The number of rotatable bonds is 3. The lowest BCUT2D eigenvalue weighted by atomic mass is 10.0. The first-order valence-corrected chi connectivity index (χ1v) is 9.98. The predicted molar refractivity (Wildman–Crippen MR) is 103 cm³/mol. The van der Waals surface area contributed by atoms with E-state index in [4.69, 9.17) is 9.47 Å². The number of anilines is 1. The topological polar surface area (TPSA) is 77.8 Å². The summed E-state index contributed by atoms with van der Waals surface area (Å²) in [4.78, 5) is 39.4. The lowest BCUT2D eigenvalue weighted by molar-refractivity contribution is -0.117. The Labute approximate surface area is 166 Å². The number of hydrogen-bond acceptors (Lipinski definition) is 5. The Hall–Kier alpha value is -2.74. The number of ether oxygens (including phenoxy) is 2. The molecule has 8 heteroatoms. The van der Waals surface area contributed by atoms with E-state index >= 15 is 4.39 Å². The van der Waals surface area contributed by atoms with E-state index < -0.39 is 17.2 Å². The van der Waals surface area contributed by atoms with E-state index in [0.717, 1.165) is 18.9 Å². The van der Waals surface area contributed by atoms with Crippen molar-refractivity contribution in [1.29, 1.82) is 0 Å². The SMILES string of the molecule is CCOC(=O)c1cn(C2CC2)c2c3c(c(F)cc2c1=O)N1C(=O)CC[C@H]1COC3. The molecule has 3 aliphatic rings. The van der Waals surface area contributed by atoms with Crippen LogP contribution in [0.25, 0.3) is 10.9 Å². The summed E-state index contributed by atoms with van der Waals surface area (Å²) in [6, 6.07) is 1.08. The summed E-state index contributed by atoms with van der Waals surface area (Å²) in [7, 11) is 0. The molecule has 3 heterocycles. The van der Waals surface area contributed by atoms with Gasteiger partial charge in [-0.25, -0.2) is 9.18 Å². The van der Waals surface area contributed by atoms with Crippen LogP contribution < -0.4 is 10.3 Å². The van der Waals surface area contributed by atoms with Crippen LogP contribution in [-0.2, 0) is 20.9 Å². The van der Waals surface area contributed by atoms with Gasteiger partial charge in [-0.15, -0.1) is 0 Å². The van der Waals surface area contributed by atoms with Gasteiger partial charge in [-0.1, -0.05) is 0 Å². The van der Waals surface area contributed by atoms with E-state index in [-0.39, 0.29) is 47.8 Å². The van der Waals surface area contributed by atoms with Crippen LogP contribution in [0.4, 0.5) is 10.1 Å². The zero-order chi connectivity index (χ0) is 20.3. The molecule has 0 spiro atoms. The molecule has 1 aliphatic carbocycles. The molecular formula is C21H21FN2O5. The maximum Gasteiger partial charge on any atom is 0.343 e. The highest BCUT2D eigenvalue weighted by atomic mass is 19.1. The second kappa shape index (κ2) is 6.66. The smallest absolute Gasteiger partial charge is 0.343 e. The Balaban J connectivity index is 1.83. The molecule has 0 bridgehead atoms. The van der Waals surface area contributed by atoms with Gasteiger partial charge >= 0.3 is 5.97 Å². The second-order valence-electron chi connectivity index (χ2n) is 7.78. The molecule has 2 aromatic rings. The summed E-state index contributed by atoms with van der Waals surface area (Å²) < 4.78 is 28.0. The number of aromatic nitrogens is 1. The van der Waals surface area contributed by atoms with Crippen LogP contribution >= 0.6 is 0 Å². The van der Waals surface area contributed by atoms with Crippen LogP contribution in [-0.4, -0.2) is 35.7 Å². The van der Waals surface area contributed by atoms with Crippen molar-refractivity contribution < 1.29 is 23.5 Å². The fourth-order valence-electron chi connectivity index (χ4n) is 4.46. The average Bonchev–Trinajstić information content (AvgIpc) is 3.49. The normalized spacial score (nSPS) is 21.1. The standard InChI is InChI=1S/C21H21FN2O5/c1-2-29-21(27)14-8-23(11-3-4-11)18-13(20(14)26)7-16(22)19-15(18)10-28-9-12-5-6-17(25)24(12)19/h7-8,11-12H,2-6,9-10H2,1H3/t12-/m0/s1. The molecule has 2 aliphatic heterocycles. The molecule has 1 saturated carbocycles. The summed E-state index contributed by atoms with van der Waals surface area (Å²) in [5.74, 6) is -1.49. The van der Waals surface area contributed by atoms with Crippen LogP contribution in [0.3, 0.4) is 0 Å². The van der Waals surface area contributed by atoms with Gasteiger partial charge in [0.15, 0.2) is 0 Å². The average molecular weight is 400 g/mol. The highest BCUT2D eigenvalue weighted by molar-refractivity contribution is 6.02. The van der Waals surface area contributed by atoms with Gasteiger partial charge in [0.1, 0.15) is 11.4 Å². The number of fused-ring (bicyclic) bond motifs is 5. The van der Waals surface area contributed by atoms with Crippen molar-refractivity contribution in [2.75, 3.05) is 18.1 Å². The van der Waals surface area contributed by atoms with Crippen molar-refractivity contribution in [3.63, 3.8) is 0 Å². The fraction of sp³-hybridized carbons (Fsp3) is 0.476. The first-order valence-electron chi connectivity index (χ1n) is 9.98. The van der Waals surface area contributed by atoms with Crippen LogP contribution in [0.15, 0.2) is 17.1 Å². The molecule has 7 nitrogen and oxygen atoms in total. The first kappa shape index (κ1) is 18.3. The largest absolute Gasteiger partial charge is 0.462 e. The minimum absolute atomic E-state index is 0.102. The van der Waals surface area contributed by atoms with Crippen LogP contribution in [0.5, 0.6) is 0 Å². The van der Waals surface area contributed by atoms with E-state index in [2.05, 4.69) is 0 Å². The molecule has 1 atom stereocenters. The van der Waals surface area contributed by atoms with E-state index in [9.17, 15) is 14.4 Å². The molecular weight excluding hydrogens is 379 g/mol. The molecule has 0 radical (unpaired) electrons. The zero-order valence-electron chi connectivity index (χ0n) is 16.1. The number of benzene rings is 1. The van der Waals surface area contributed by atoms with E-state index in [1.165, 1.54) is 11.1 Å². The van der Waals surface area contributed by atoms with Crippen molar-refractivity contribution in [3.05, 3.63) is 39.4 Å². The number of carbonyl (C=O) groups is 2. The minimum Gasteiger partial charge on any atom is -0.462 e. The number of pyridine rings is 1. The van der Waals surface area contributed by atoms with Crippen molar-refractivity contribution >= 4 is 28.5 Å². The quantitative estimate of drug-likeness (QED) is 0.741. The van der Waals surface area contributed by atoms with Gasteiger partial charge in [0.2, 0.25) is 11.3 Å². The van der Waals surface area contributed by atoms with Gasteiger partial charge in [-0.05, 0) is 32.3 Å². The summed E-state index contributed by atoms with van der Waals surface area (Å²) in [6.45, 7) is 2.24. The molecule has 1 aromatic heterocycles. The third-order valence-corrected chi connectivity index (χ3v) is 5.90. The number of nitrogens with zero attached hydrogens (tertiary/aromatic N) is 2. The maximum absolute atomic E-state index is 15.3. The van der Waals surface area contributed by atoms with Gasteiger partial charge in [0.25, 0.3) is 0 Å². The Morgan fingerprint density at radius 3 is 2.79 bits per heavy atom. The van der Waals surface area contributed by atoms with Crippen LogP contribution in [0, 0.1) is 5.82 Å². The Morgan fingerprint density at radius 1 is 1.28 bits per heavy atom. The summed E-state index contributed by atoms with van der Waals surface area (Å²) in [6.07, 6.45) is 4.29. The molecule has 152 valence electrons. The van der Waals surface area contributed by atoms with Crippen LogP contribution in [0.2, 0.25) is 0 Å². The highest BCUT2D eigenvalue weighted by Gasteiger charge is 2.39. The number of carbonyl (C=O) groups excluding carboxylic acids is 2.